The molecule has 5 rings (SSSR count). The normalized spacial score (nSPS) is 19.3. The lowest BCUT2D eigenvalue weighted by Crippen LogP contribution is -2.50. The van der Waals surface area contributed by atoms with Crippen molar-refractivity contribution in [2.24, 2.45) is 10.7 Å². The van der Waals surface area contributed by atoms with Crippen molar-refractivity contribution in [3.8, 4) is 22.8 Å². The first-order valence-corrected chi connectivity index (χ1v) is 11.2. The largest absolute Gasteiger partial charge is 0.493 e. The highest BCUT2D eigenvalue weighted by Gasteiger charge is 2.31. The van der Waals surface area contributed by atoms with Gasteiger partial charge in [0.2, 0.25) is 0 Å². The van der Waals surface area contributed by atoms with Crippen LogP contribution in [0.3, 0.4) is 0 Å². The van der Waals surface area contributed by atoms with E-state index in [1.165, 1.54) is 16.7 Å². The minimum atomic E-state index is -0.779. The van der Waals surface area contributed by atoms with Crippen LogP contribution in [-0.4, -0.2) is 29.4 Å². The van der Waals surface area contributed by atoms with E-state index in [1.54, 1.807) is 31.8 Å². The van der Waals surface area contributed by atoms with Gasteiger partial charge in [-0.25, -0.2) is 18.6 Å². The van der Waals surface area contributed by atoms with Crippen molar-refractivity contribution in [2.45, 2.75) is 44.8 Å². The number of ether oxygens (including phenoxy) is 2. The van der Waals surface area contributed by atoms with Gasteiger partial charge in [0.05, 0.1) is 19.9 Å². The SMILES string of the molecule is COc1cc2c(cc1OC)-c1c/c(=N\c3c(F)cc(C)cc3F)n(C3CC(N)C3)c(=O)n1CC2. The van der Waals surface area contributed by atoms with Crippen molar-refractivity contribution < 1.29 is 18.3 Å². The summed E-state index contributed by atoms with van der Waals surface area (Å²) in [5, 5.41) is 0. The number of halogens is 2. The second-order valence-electron chi connectivity index (χ2n) is 8.88. The standard InChI is InChI=1S/C25H26F2N4O3/c1-13-6-18(26)24(19(27)7-13)29-23-12-20-17-11-22(34-3)21(33-2)8-14(17)4-5-30(20)25(32)31(23)16-9-15(28)10-16/h6-8,11-12,15-16H,4-5,9-10,28H2,1-3H3/b29-23+. The summed E-state index contributed by atoms with van der Waals surface area (Å²) in [6.07, 6.45) is 1.83. The summed E-state index contributed by atoms with van der Waals surface area (Å²) in [4.78, 5) is 18.0. The lowest BCUT2D eigenvalue weighted by molar-refractivity contribution is 0.247. The summed E-state index contributed by atoms with van der Waals surface area (Å²) in [5.41, 5.74) is 8.32. The average Bonchev–Trinajstić information content (AvgIpc) is 2.78. The molecule has 1 aromatic heterocycles. The van der Waals surface area contributed by atoms with Crippen molar-refractivity contribution >= 4 is 5.69 Å². The molecule has 1 saturated carbocycles. The van der Waals surface area contributed by atoms with Gasteiger partial charge in [0.15, 0.2) is 23.1 Å². The number of aromatic nitrogens is 2. The van der Waals surface area contributed by atoms with Crippen LogP contribution >= 0.6 is 0 Å². The minimum Gasteiger partial charge on any atom is -0.493 e. The number of hydrogen-bond donors (Lipinski definition) is 1. The maximum Gasteiger partial charge on any atom is 0.330 e. The van der Waals surface area contributed by atoms with E-state index < -0.39 is 17.3 Å². The van der Waals surface area contributed by atoms with E-state index in [9.17, 15) is 13.6 Å². The second-order valence-corrected chi connectivity index (χ2v) is 8.88. The Balaban J connectivity index is 1.79. The molecule has 2 N–H and O–H groups in total. The van der Waals surface area contributed by atoms with E-state index in [4.69, 9.17) is 15.2 Å². The summed E-state index contributed by atoms with van der Waals surface area (Å²) in [6.45, 7) is 2.07. The van der Waals surface area contributed by atoms with Gasteiger partial charge in [0.25, 0.3) is 0 Å². The van der Waals surface area contributed by atoms with Gasteiger partial charge in [-0.05, 0) is 61.6 Å². The zero-order valence-electron chi connectivity index (χ0n) is 19.3. The van der Waals surface area contributed by atoms with Crippen LogP contribution in [0.15, 0.2) is 40.1 Å². The molecule has 0 spiro atoms. The number of nitrogens with zero attached hydrogens (tertiary/aromatic N) is 3. The van der Waals surface area contributed by atoms with Gasteiger partial charge >= 0.3 is 5.69 Å². The lowest BCUT2D eigenvalue weighted by atomic mass is 9.87. The number of nitrogens with two attached hydrogens (primary N) is 1. The fourth-order valence-electron chi connectivity index (χ4n) is 4.82. The topological polar surface area (TPSA) is 83.8 Å². The van der Waals surface area contributed by atoms with Gasteiger partial charge in [-0.3, -0.25) is 9.13 Å². The number of hydrogen-bond acceptors (Lipinski definition) is 5. The number of aryl methyl sites for hydroxylation is 2. The van der Waals surface area contributed by atoms with E-state index >= 15 is 0 Å². The molecule has 0 radical (unpaired) electrons. The van der Waals surface area contributed by atoms with Crippen LogP contribution in [0.4, 0.5) is 14.5 Å². The number of fused-ring (bicyclic) bond motifs is 3. The average molecular weight is 469 g/mol. The Kier molecular flexibility index (Phi) is 5.51. The first-order chi connectivity index (χ1) is 16.3. The molecule has 7 nitrogen and oxygen atoms in total. The zero-order chi connectivity index (χ0) is 24.1. The number of rotatable bonds is 4. The first-order valence-electron chi connectivity index (χ1n) is 11.2. The maximum atomic E-state index is 14.7. The van der Waals surface area contributed by atoms with Crippen LogP contribution in [0.25, 0.3) is 11.3 Å². The molecule has 2 aliphatic rings. The Morgan fingerprint density at radius 3 is 2.29 bits per heavy atom. The third kappa shape index (κ3) is 3.60. The predicted octanol–water partition coefficient (Wildman–Crippen LogP) is 3.37. The van der Waals surface area contributed by atoms with Crippen LogP contribution < -0.4 is 26.4 Å². The van der Waals surface area contributed by atoms with Crippen molar-refractivity contribution in [3.05, 3.63) is 69.1 Å². The zero-order valence-corrected chi connectivity index (χ0v) is 19.3. The van der Waals surface area contributed by atoms with E-state index in [-0.39, 0.29) is 23.3 Å². The summed E-state index contributed by atoms with van der Waals surface area (Å²) < 4.78 is 43.4. The molecule has 1 fully saturated rings. The highest BCUT2D eigenvalue weighted by molar-refractivity contribution is 5.70. The van der Waals surface area contributed by atoms with Gasteiger partial charge in [-0.15, -0.1) is 0 Å². The molecule has 178 valence electrons. The molecule has 34 heavy (non-hydrogen) atoms. The van der Waals surface area contributed by atoms with E-state index in [1.807, 2.05) is 12.1 Å². The van der Waals surface area contributed by atoms with Crippen molar-refractivity contribution in [2.75, 3.05) is 14.2 Å². The number of methoxy groups -OCH3 is 2. The Morgan fingerprint density at radius 1 is 1.03 bits per heavy atom. The summed E-state index contributed by atoms with van der Waals surface area (Å²) >= 11 is 0. The molecule has 2 aromatic carbocycles. The minimum absolute atomic E-state index is 0.0175. The fraction of sp³-hybridized carbons (Fsp3) is 0.360. The first kappa shape index (κ1) is 22.3. The molecule has 9 heteroatoms. The Labute approximate surface area is 195 Å². The summed E-state index contributed by atoms with van der Waals surface area (Å²) in [7, 11) is 3.11. The van der Waals surface area contributed by atoms with Crippen LogP contribution in [0, 0.1) is 18.6 Å². The smallest absolute Gasteiger partial charge is 0.330 e. The van der Waals surface area contributed by atoms with Crippen LogP contribution in [-0.2, 0) is 13.0 Å². The monoisotopic (exact) mass is 468 g/mol. The third-order valence-corrected chi connectivity index (χ3v) is 6.63. The summed E-state index contributed by atoms with van der Waals surface area (Å²) in [5.74, 6) is -0.434. The molecule has 0 bridgehead atoms. The molecule has 2 heterocycles. The summed E-state index contributed by atoms with van der Waals surface area (Å²) in [6, 6.07) is 7.68. The van der Waals surface area contributed by atoms with Gasteiger partial charge in [0, 0.05) is 30.3 Å². The van der Waals surface area contributed by atoms with Crippen LogP contribution in [0.1, 0.15) is 30.0 Å². The van der Waals surface area contributed by atoms with Gasteiger partial charge < -0.3 is 15.2 Å². The van der Waals surface area contributed by atoms with E-state index in [0.717, 1.165) is 11.1 Å². The van der Waals surface area contributed by atoms with Gasteiger partial charge in [-0.1, -0.05) is 0 Å². The number of benzene rings is 2. The molecule has 1 aliphatic carbocycles. The van der Waals surface area contributed by atoms with Crippen molar-refractivity contribution in [3.63, 3.8) is 0 Å². The molecule has 3 aromatic rings. The van der Waals surface area contributed by atoms with Crippen LogP contribution in [0.5, 0.6) is 11.5 Å². The molecular formula is C25H26F2N4O3. The Bertz CT molecular complexity index is 1400. The second kappa shape index (κ2) is 8.39. The molecule has 1 aliphatic heterocycles. The molecular weight excluding hydrogens is 442 g/mol. The van der Waals surface area contributed by atoms with Crippen molar-refractivity contribution in [1.29, 1.82) is 0 Å². The quantitative estimate of drug-likeness (QED) is 0.637. The fourth-order valence-corrected chi connectivity index (χ4v) is 4.82. The molecule has 0 atom stereocenters. The Morgan fingerprint density at radius 2 is 1.68 bits per heavy atom. The van der Waals surface area contributed by atoms with Gasteiger partial charge in [-0.2, -0.15) is 0 Å². The highest BCUT2D eigenvalue weighted by Crippen LogP contribution is 2.38. The highest BCUT2D eigenvalue weighted by atomic mass is 19.1. The third-order valence-electron chi connectivity index (χ3n) is 6.63. The van der Waals surface area contributed by atoms with E-state index in [0.29, 0.717) is 48.6 Å². The molecule has 0 unspecified atom stereocenters. The maximum absolute atomic E-state index is 14.7. The van der Waals surface area contributed by atoms with Gasteiger partial charge in [0.1, 0.15) is 11.2 Å². The predicted molar refractivity (Wildman–Crippen MR) is 124 cm³/mol. The van der Waals surface area contributed by atoms with E-state index in [2.05, 4.69) is 4.99 Å². The molecule has 0 saturated heterocycles. The lowest BCUT2D eigenvalue weighted by Gasteiger charge is -2.35. The molecule has 0 amide bonds. The Hall–Kier alpha value is -3.46. The van der Waals surface area contributed by atoms with Crippen LogP contribution in [0.2, 0.25) is 0 Å². The van der Waals surface area contributed by atoms with Crippen molar-refractivity contribution in [1.82, 2.24) is 9.13 Å².